The van der Waals surface area contributed by atoms with Crippen LogP contribution in [0.2, 0.25) is 0 Å². The van der Waals surface area contributed by atoms with Crippen molar-refractivity contribution in [2.24, 2.45) is 4.99 Å². The molecule has 0 aliphatic carbocycles. The summed E-state index contributed by atoms with van der Waals surface area (Å²) in [5.74, 6) is 0.497. The number of phenolic OH excluding ortho intramolecular Hbond substituents is 1. The van der Waals surface area contributed by atoms with Gasteiger partial charge in [-0.25, -0.2) is 0 Å². The molecule has 0 bridgehead atoms. The van der Waals surface area contributed by atoms with E-state index in [-0.39, 0.29) is 5.75 Å². The van der Waals surface area contributed by atoms with Gasteiger partial charge in [0.05, 0.1) is 7.11 Å². The van der Waals surface area contributed by atoms with E-state index in [0.717, 1.165) is 5.56 Å². The normalized spacial score (nSPS) is 12.0. The van der Waals surface area contributed by atoms with Gasteiger partial charge in [-0.1, -0.05) is 6.92 Å². The molecule has 7 heteroatoms. The van der Waals surface area contributed by atoms with Gasteiger partial charge in [-0.15, -0.1) is 0 Å². The Bertz CT molecular complexity index is 494. The van der Waals surface area contributed by atoms with Crippen molar-refractivity contribution in [2.45, 2.75) is 13.3 Å². The third kappa shape index (κ3) is 4.14. The average molecular weight is 273 g/mol. The molecule has 18 heavy (non-hydrogen) atoms. The first kappa shape index (κ1) is 14.7. The Balaban J connectivity index is 3.05. The molecular weight excluding hydrogens is 257 g/mol. The number of ether oxygens (including phenoxy) is 1. The maximum absolute atomic E-state index is 10.7. The Hall–Kier alpha value is -1.36. The summed E-state index contributed by atoms with van der Waals surface area (Å²) in [6.45, 7) is 1.90. The third-order valence-corrected chi connectivity index (χ3v) is 2.85. The average Bonchev–Trinajstić information content (AvgIpc) is 2.29. The zero-order valence-corrected chi connectivity index (χ0v) is 11.1. The lowest BCUT2D eigenvalue weighted by atomic mass is 10.0. The summed E-state index contributed by atoms with van der Waals surface area (Å²) in [5, 5.41) is 9.80. The van der Waals surface area contributed by atoms with Gasteiger partial charge in [-0.2, -0.15) is 0 Å². The number of methoxy groups -OCH3 is 1. The molecule has 0 saturated heterocycles. The van der Waals surface area contributed by atoms with Gasteiger partial charge >= 0.3 is 7.60 Å². The maximum atomic E-state index is 10.7. The van der Waals surface area contributed by atoms with Crippen molar-refractivity contribution in [2.75, 3.05) is 13.4 Å². The molecule has 100 valence electrons. The number of rotatable bonds is 5. The molecule has 0 atom stereocenters. The van der Waals surface area contributed by atoms with Crippen LogP contribution >= 0.6 is 7.60 Å². The van der Waals surface area contributed by atoms with Crippen molar-refractivity contribution >= 4 is 13.8 Å². The van der Waals surface area contributed by atoms with Crippen molar-refractivity contribution < 1.29 is 24.2 Å². The first-order chi connectivity index (χ1) is 8.37. The molecular formula is C11H16NO5P. The van der Waals surface area contributed by atoms with E-state index in [4.69, 9.17) is 14.5 Å². The summed E-state index contributed by atoms with van der Waals surface area (Å²) in [4.78, 5) is 21.0. The number of hydrogen-bond acceptors (Lipinski definition) is 4. The summed E-state index contributed by atoms with van der Waals surface area (Å²) < 4.78 is 15.7. The predicted octanol–water partition coefficient (Wildman–Crippen LogP) is 1.52. The third-order valence-electron chi connectivity index (χ3n) is 2.32. The molecule has 0 aliphatic heterocycles. The first-order valence-electron chi connectivity index (χ1n) is 5.31. The fourth-order valence-electron chi connectivity index (χ4n) is 1.47. The van der Waals surface area contributed by atoms with Crippen LogP contribution in [0.4, 0.5) is 0 Å². The molecule has 1 rings (SSSR count). The van der Waals surface area contributed by atoms with Crippen LogP contribution in [-0.4, -0.2) is 34.5 Å². The molecule has 0 fully saturated rings. The van der Waals surface area contributed by atoms with E-state index < -0.39 is 13.9 Å². The van der Waals surface area contributed by atoms with Crippen LogP contribution < -0.4 is 4.74 Å². The van der Waals surface area contributed by atoms with Crippen LogP contribution in [-0.2, 0) is 11.0 Å². The highest BCUT2D eigenvalue weighted by atomic mass is 31.2. The lowest BCUT2D eigenvalue weighted by Gasteiger charge is -2.09. The van der Waals surface area contributed by atoms with Crippen molar-refractivity contribution in [3.05, 3.63) is 23.3 Å². The van der Waals surface area contributed by atoms with Crippen LogP contribution in [0.5, 0.6) is 11.5 Å². The van der Waals surface area contributed by atoms with Gasteiger partial charge in [0, 0.05) is 17.8 Å². The van der Waals surface area contributed by atoms with Crippen LogP contribution in [0.3, 0.4) is 0 Å². The molecule has 1 aromatic rings. The Labute approximate surface area is 105 Å². The van der Waals surface area contributed by atoms with Gasteiger partial charge in [0.1, 0.15) is 17.8 Å². The largest absolute Gasteiger partial charge is 0.507 e. The molecule has 0 aromatic heterocycles. The number of benzene rings is 1. The fraction of sp³-hybridized carbons (Fsp3) is 0.364. The zero-order chi connectivity index (χ0) is 13.8. The van der Waals surface area contributed by atoms with Crippen molar-refractivity contribution in [3.63, 3.8) is 0 Å². The number of hydrogen-bond donors (Lipinski definition) is 3. The quantitative estimate of drug-likeness (QED) is 0.558. The van der Waals surface area contributed by atoms with Crippen LogP contribution in [0.15, 0.2) is 17.1 Å². The van der Waals surface area contributed by atoms with E-state index in [1.807, 2.05) is 6.92 Å². The Morgan fingerprint density at radius 3 is 2.61 bits per heavy atom. The second-order valence-corrected chi connectivity index (χ2v) is 5.30. The molecule has 0 aliphatic rings. The summed E-state index contributed by atoms with van der Waals surface area (Å²) in [6.07, 6.45) is 1.32. The molecule has 3 N–H and O–H groups in total. The maximum Gasteiger partial charge on any atom is 0.346 e. The minimum absolute atomic E-state index is 0.0272. The molecule has 0 heterocycles. The number of phenols is 1. The molecule has 0 saturated carbocycles. The fourth-order valence-corrected chi connectivity index (χ4v) is 1.76. The standard InChI is InChI=1S/C11H16NO5P/c1-3-8-4-9(17-2)5-11(13)10(8)6-12-7-18(14,15)16/h4-6,13H,3,7H2,1-2H3,(H2,14,15,16)/b12-6+. The second kappa shape index (κ2) is 6.00. The molecule has 0 amide bonds. The highest BCUT2D eigenvalue weighted by Gasteiger charge is 2.12. The molecule has 1 aromatic carbocycles. The minimum atomic E-state index is -4.16. The Morgan fingerprint density at radius 1 is 1.44 bits per heavy atom. The number of aryl methyl sites for hydroxylation is 1. The van der Waals surface area contributed by atoms with Crippen LogP contribution in [0.1, 0.15) is 18.1 Å². The van der Waals surface area contributed by atoms with Gasteiger partial charge in [-0.3, -0.25) is 9.56 Å². The van der Waals surface area contributed by atoms with E-state index in [9.17, 15) is 9.67 Å². The molecule has 0 radical (unpaired) electrons. The number of aromatic hydroxyl groups is 1. The van der Waals surface area contributed by atoms with Gasteiger partial charge in [0.15, 0.2) is 0 Å². The molecule has 0 unspecified atom stereocenters. The summed E-state index contributed by atoms with van der Waals surface area (Å²) in [7, 11) is -2.67. The summed E-state index contributed by atoms with van der Waals surface area (Å²) in [5.41, 5.74) is 1.24. The number of nitrogens with zero attached hydrogens (tertiary/aromatic N) is 1. The molecule has 6 nitrogen and oxygen atoms in total. The van der Waals surface area contributed by atoms with Crippen molar-refractivity contribution in [3.8, 4) is 11.5 Å². The topological polar surface area (TPSA) is 99.4 Å². The lowest BCUT2D eigenvalue weighted by Crippen LogP contribution is -1.95. The highest BCUT2D eigenvalue weighted by Crippen LogP contribution is 2.34. The summed E-state index contributed by atoms with van der Waals surface area (Å²) in [6, 6.07) is 3.18. The van der Waals surface area contributed by atoms with Crippen molar-refractivity contribution in [1.29, 1.82) is 0 Å². The van der Waals surface area contributed by atoms with E-state index in [1.165, 1.54) is 19.4 Å². The highest BCUT2D eigenvalue weighted by molar-refractivity contribution is 7.51. The van der Waals surface area contributed by atoms with E-state index >= 15 is 0 Å². The van der Waals surface area contributed by atoms with Gasteiger partial charge in [0.2, 0.25) is 0 Å². The van der Waals surface area contributed by atoms with Gasteiger partial charge < -0.3 is 19.6 Å². The Kier molecular flexibility index (Phi) is 4.90. The van der Waals surface area contributed by atoms with Crippen molar-refractivity contribution in [1.82, 2.24) is 0 Å². The van der Waals surface area contributed by atoms with Crippen LogP contribution in [0, 0.1) is 0 Å². The molecule has 0 spiro atoms. The van der Waals surface area contributed by atoms with Gasteiger partial charge in [-0.05, 0) is 18.1 Å². The monoisotopic (exact) mass is 273 g/mol. The zero-order valence-electron chi connectivity index (χ0n) is 10.2. The summed E-state index contributed by atoms with van der Waals surface area (Å²) >= 11 is 0. The predicted molar refractivity (Wildman–Crippen MR) is 68.5 cm³/mol. The smallest absolute Gasteiger partial charge is 0.346 e. The van der Waals surface area contributed by atoms with Gasteiger partial charge in [0.25, 0.3) is 0 Å². The Morgan fingerprint density at radius 2 is 2.11 bits per heavy atom. The first-order valence-corrected chi connectivity index (χ1v) is 7.11. The van der Waals surface area contributed by atoms with Crippen LogP contribution in [0.25, 0.3) is 0 Å². The van der Waals surface area contributed by atoms with E-state index in [0.29, 0.717) is 17.7 Å². The number of aliphatic imine (C=N–C) groups is 1. The lowest BCUT2D eigenvalue weighted by molar-refractivity contribution is 0.374. The van der Waals surface area contributed by atoms with E-state index in [1.54, 1.807) is 6.07 Å². The minimum Gasteiger partial charge on any atom is -0.507 e. The van der Waals surface area contributed by atoms with E-state index in [2.05, 4.69) is 4.99 Å². The second-order valence-electron chi connectivity index (χ2n) is 3.69. The SMILES string of the molecule is CCc1cc(OC)cc(O)c1/C=N/CP(=O)(O)O.